The van der Waals surface area contributed by atoms with Gasteiger partial charge in [0, 0.05) is 29.6 Å². The summed E-state index contributed by atoms with van der Waals surface area (Å²) in [6.07, 6.45) is 0. The highest BCUT2D eigenvalue weighted by atomic mass is 35.5. The SMILES string of the molecule is COc1cc(Nc2cc(N)cc(Cl)n2)cc(OC)c1OC. The summed E-state index contributed by atoms with van der Waals surface area (Å²) in [4.78, 5) is 4.14. The molecule has 1 heterocycles. The monoisotopic (exact) mass is 309 g/mol. The average molecular weight is 310 g/mol. The highest BCUT2D eigenvalue weighted by molar-refractivity contribution is 6.29. The first kappa shape index (κ1) is 15.1. The summed E-state index contributed by atoms with van der Waals surface area (Å²) in [5.41, 5.74) is 6.96. The van der Waals surface area contributed by atoms with Crippen LogP contribution in [0.1, 0.15) is 0 Å². The number of methoxy groups -OCH3 is 3. The Balaban J connectivity index is 2.40. The Morgan fingerprint density at radius 2 is 1.62 bits per heavy atom. The molecule has 0 atom stereocenters. The van der Waals surface area contributed by atoms with Crippen molar-refractivity contribution in [3.05, 3.63) is 29.4 Å². The van der Waals surface area contributed by atoms with Gasteiger partial charge >= 0.3 is 0 Å². The molecule has 21 heavy (non-hydrogen) atoms. The molecule has 6 nitrogen and oxygen atoms in total. The number of nitrogens with zero attached hydrogens (tertiary/aromatic N) is 1. The van der Waals surface area contributed by atoms with Crippen molar-refractivity contribution in [1.29, 1.82) is 0 Å². The van der Waals surface area contributed by atoms with E-state index in [2.05, 4.69) is 10.3 Å². The third-order valence-electron chi connectivity index (χ3n) is 2.75. The number of hydrogen-bond acceptors (Lipinski definition) is 6. The molecule has 2 rings (SSSR count). The Morgan fingerprint density at radius 1 is 1.00 bits per heavy atom. The maximum Gasteiger partial charge on any atom is 0.203 e. The summed E-state index contributed by atoms with van der Waals surface area (Å²) >= 11 is 5.88. The second kappa shape index (κ2) is 6.41. The zero-order valence-electron chi connectivity index (χ0n) is 11.9. The van der Waals surface area contributed by atoms with Crippen LogP contribution in [0.5, 0.6) is 17.2 Å². The van der Waals surface area contributed by atoms with Gasteiger partial charge in [0.15, 0.2) is 11.5 Å². The van der Waals surface area contributed by atoms with Crippen LogP contribution in [0.15, 0.2) is 24.3 Å². The van der Waals surface area contributed by atoms with Gasteiger partial charge in [-0.15, -0.1) is 0 Å². The average Bonchev–Trinajstić information content (AvgIpc) is 2.45. The Labute approximate surface area is 127 Å². The molecule has 0 aliphatic rings. The molecule has 112 valence electrons. The van der Waals surface area contributed by atoms with Crippen LogP contribution in [-0.4, -0.2) is 26.3 Å². The summed E-state index contributed by atoms with van der Waals surface area (Å²) in [6, 6.07) is 6.78. The van der Waals surface area contributed by atoms with E-state index >= 15 is 0 Å². The minimum Gasteiger partial charge on any atom is -0.493 e. The maximum absolute atomic E-state index is 5.88. The van der Waals surface area contributed by atoms with Crippen molar-refractivity contribution < 1.29 is 14.2 Å². The summed E-state index contributed by atoms with van der Waals surface area (Å²) in [5.74, 6) is 2.11. The van der Waals surface area contributed by atoms with Gasteiger partial charge in [0.2, 0.25) is 5.75 Å². The predicted octanol–water partition coefficient (Wildman–Crippen LogP) is 3.09. The molecule has 0 saturated carbocycles. The standard InChI is InChI=1S/C14H16ClN3O3/c1-19-10-6-9(7-11(20-2)14(10)21-3)17-13-5-8(16)4-12(15)18-13/h4-7H,1-3H3,(H3,16,17,18). The number of anilines is 3. The minimum absolute atomic E-state index is 0.310. The maximum atomic E-state index is 5.88. The Hall–Kier alpha value is -2.34. The Kier molecular flexibility index (Phi) is 4.59. The van der Waals surface area contributed by atoms with Crippen LogP contribution in [-0.2, 0) is 0 Å². The van der Waals surface area contributed by atoms with E-state index in [9.17, 15) is 0 Å². The number of nitrogens with one attached hydrogen (secondary N) is 1. The summed E-state index contributed by atoms with van der Waals surface area (Å²) < 4.78 is 15.8. The number of ether oxygens (including phenoxy) is 3. The van der Waals surface area contributed by atoms with Crippen molar-refractivity contribution in [2.24, 2.45) is 0 Å². The van der Waals surface area contributed by atoms with Gasteiger partial charge in [-0.3, -0.25) is 0 Å². The molecule has 7 heteroatoms. The third-order valence-corrected chi connectivity index (χ3v) is 2.95. The second-order valence-electron chi connectivity index (χ2n) is 4.15. The van der Waals surface area contributed by atoms with E-state index < -0.39 is 0 Å². The predicted molar refractivity (Wildman–Crippen MR) is 83.0 cm³/mol. The van der Waals surface area contributed by atoms with Crippen LogP contribution in [0, 0.1) is 0 Å². The fourth-order valence-corrected chi connectivity index (χ4v) is 2.10. The highest BCUT2D eigenvalue weighted by Crippen LogP contribution is 2.40. The van der Waals surface area contributed by atoms with Gasteiger partial charge in [-0.05, 0) is 6.07 Å². The first-order chi connectivity index (χ1) is 10.1. The molecule has 0 amide bonds. The quantitative estimate of drug-likeness (QED) is 0.826. The van der Waals surface area contributed by atoms with E-state index in [1.54, 1.807) is 45.6 Å². The van der Waals surface area contributed by atoms with Crippen LogP contribution in [0.25, 0.3) is 0 Å². The molecule has 1 aromatic carbocycles. The lowest BCUT2D eigenvalue weighted by Gasteiger charge is -2.15. The highest BCUT2D eigenvalue weighted by Gasteiger charge is 2.13. The molecule has 0 aliphatic heterocycles. The van der Waals surface area contributed by atoms with Crippen LogP contribution in [0.3, 0.4) is 0 Å². The number of nitrogen functional groups attached to an aromatic ring is 1. The number of rotatable bonds is 5. The second-order valence-corrected chi connectivity index (χ2v) is 4.53. The van der Waals surface area contributed by atoms with Crippen LogP contribution in [0.4, 0.5) is 17.2 Å². The summed E-state index contributed by atoms with van der Waals surface area (Å²) in [6.45, 7) is 0. The van der Waals surface area contributed by atoms with E-state index in [1.165, 1.54) is 0 Å². The van der Waals surface area contributed by atoms with Gasteiger partial charge < -0.3 is 25.3 Å². The van der Waals surface area contributed by atoms with Crippen molar-refractivity contribution in [1.82, 2.24) is 4.98 Å². The Morgan fingerprint density at radius 3 is 2.10 bits per heavy atom. The molecule has 0 aliphatic carbocycles. The molecule has 0 saturated heterocycles. The molecule has 0 fully saturated rings. The van der Waals surface area contributed by atoms with Gasteiger partial charge in [0.25, 0.3) is 0 Å². The van der Waals surface area contributed by atoms with E-state index in [-0.39, 0.29) is 0 Å². The van der Waals surface area contributed by atoms with Crippen molar-refractivity contribution in [2.75, 3.05) is 32.4 Å². The lowest BCUT2D eigenvalue weighted by Crippen LogP contribution is -1.99. The molecule has 1 aromatic heterocycles. The van der Waals surface area contributed by atoms with E-state index in [0.29, 0.717) is 39.6 Å². The summed E-state index contributed by atoms with van der Waals surface area (Å²) in [7, 11) is 4.65. The molecule has 3 N–H and O–H groups in total. The zero-order valence-corrected chi connectivity index (χ0v) is 12.7. The number of pyridine rings is 1. The topological polar surface area (TPSA) is 78.6 Å². The zero-order chi connectivity index (χ0) is 15.4. The normalized spacial score (nSPS) is 10.1. The fraction of sp³-hybridized carbons (Fsp3) is 0.214. The number of halogens is 1. The van der Waals surface area contributed by atoms with Gasteiger partial charge in [-0.2, -0.15) is 0 Å². The van der Waals surface area contributed by atoms with Gasteiger partial charge in [-0.1, -0.05) is 11.6 Å². The van der Waals surface area contributed by atoms with Gasteiger partial charge in [-0.25, -0.2) is 4.98 Å². The first-order valence-corrected chi connectivity index (χ1v) is 6.45. The lowest BCUT2D eigenvalue weighted by atomic mass is 10.2. The molecular weight excluding hydrogens is 294 g/mol. The molecule has 0 radical (unpaired) electrons. The summed E-state index contributed by atoms with van der Waals surface area (Å²) in [5, 5.41) is 3.41. The Bertz CT molecular complexity index is 604. The van der Waals surface area contributed by atoms with Crippen molar-refractivity contribution in [2.45, 2.75) is 0 Å². The number of nitrogens with two attached hydrogens (primary N) is 1. The van der Waals surface area contributed by atoms with Crippen LogP contribution < -0.4 is 25.3 Å². The van der Waals surface area contributed by atoms with Crippen molar-refractivity contribution in [3.8, 4) is 17.2 Å². The third kappa shape index (κ3) is 3.41. The van der Waals surface area contributed by atoms with Crippen molar-refractivity contribution >= 4 is 28.8 Å². The lowest BCUT2D eigenvalue weighted by molar-refractivity contribution is 0.324. The van der Waals surface area contributed by atoms with E-state index in [0.717, 1.165) is 0 Å². The van der Waals surface area contributed by atoms with Crippen LogP contribution >= 0.6 is 11.6 Å². The first-order valence-electron chi connectivity index (χ1n) is 6.07. The van der Waals surface area contributed by atoms with E-state index in [4.69, 9.17) is 31.5 Å². The number of benzene rings is 1. The van der Waals surface area contributed by atoms with Gasteiger partial charge in [0.05, 0.1) is 21.3 Å². The van der Waals surface area contributed by atoms with Crippen LogP contribution in [0.2, 0.25) is 5.15 Å². The fourth-order valence-electron chi connectivity index (χ4n) is 1.88. The minimum atomic E-state index is 0.310. The number of hydrogen-bond donors (Lipinski definition) is 2. The molecular formula is C14H16ClN3O3. The smallest absolute Gasteiger partial charge is 0.203 e. The largest absolute Gasteiger partial charge is 0.493 e. The number of aromatic nitrogens is 1. The van der Waals surface area contributed by atoms with Gasteiger partial charge in [0.1, 0.15) is 11.0 Å². The van der Waals surface area contributed by atoms with E-state index in [1.807, 2.05) is 0 Å². The van der Waals surface area contributed by atoms with Crippen molar-refractivity contribution in [3.63, 3.8) is 0 Å². The molecule has 0 bridgehead atoms. The molecule has 0 unspecified atom stereocenters. The molecule has 0 spiro atoms. The molecule has 2 aromatic rings.